The van der Waals surface area contributed by atoms with Crippen molar-refractivity contribution in [3.05, 3.63) is 35.4 Å². The Labute approximate surface area is 90.2 Å². The summed E-state index contributed by atoms with van der Waals surface area (Å²) in [7, 11) is 0. The SMILES string of the molecule is Cc1ccc(CCCOCC(N)=O)cc1. The van der Waals surface area contributed by atoms with E-state index in [1.165, 1.54) is 11.1 Å². The topological polar surface area (TPSA) is 52.3 Å². The number of rotatable bonds is 6. The first kappa shape index (κ1) is 11.7. The van der Waals surface area contributed by atoms with Gasteiger partial charge in [-0.15, -0.1) is 0 Å². The second-order valence-electron chi connectivity index (χ2n) is 3.61. The Morgan fingerprint density at radius 1 is 1.33 bits per heavy atom. The van der Waals surface area contributed by atoms with E-state index < -0.39 is 5.91 Å². The van der Waals surface area contributed by atoms with Crippen molar-refractivity contribution in [3.63, 3.8) is 0 Å². The number of aryl methyl sites for hydroxylation is 2. The summed E-state index contributed by atoms with van der Waals surface area (Å²) in [5, 5.41) is 0. The van der Waals surface area contributed by atoms with Gasteiger partial charge in [0.15, 0.2) is 0 Å². The highest BCUT2D eigenvalue weighted by atomic mass is 16.5. The molecule has 0 heterocycles. The molecule has 0 aromatic heterocycles. The van der Waals surface area contributed by atoms with Gasteiger partial charge >= 0.3 is 0 Å². The Bertz CT molecular complexity index is 306. The first-order valence-corrected chi connectivity index (χ1v) is 5.10. The van der Waals surface area contributed by atoms with Crippen LogP contribution in [0.2, 0.25) is 0 Å². The third-order valence-corrected chi connectivity index (χ3v) is 2.12. The summed E-state index contributed by atoms with van der Waals surface area (Å²) in [6.45, 7) is 2.67. The third-order valence-electron chi connectivity index (χ3n) is 2.12. The molecule has 3 heteroatoms. The molecule has 0 spiro atoms. The van der Waals surface area contributed by atoms with E-state index in [0.717, 1.165) is 12.8 Å². The predicted octanol–water partition coefficient (Wildman–Crippen LogP) is 1.43. The maximum atomic E-state index is 10.4. The lowest BCUT2D eigenvalue weighted by Gasteiger charge is -2.02. The zero-order valence-corrected chi connectivity index (χ0v) is 9.03. The number of carbonyl (C=O) groups excluding carboxylic acids is 1. The van der Waals surface area contributed by atoms with E-state index in [9.17, 15) is 4.79 Å². The molecule has 0 unspecified atom stereocenters. The van der Waals surface area contributed by atoms with Gasteiger partial charge in [0, 0.05) is 6.61 Å². The molecule has 1 amide bonds. The van der Waals surface area contributed by atoms with E-state index >= 15 is 0 Å². The molecule has 2 N–H and O–H groups in total. The monoisotopic (exact) mass is 207 g/mol. The second kappa shape index (κ2) is 6.19. The summed E-state index contributed by atoms with van der Waals surface area (Å²) in [4.78, 5) is 10.4. The van der Waals surface area contributed by atoms with Crippen molar-refractivity contribution in [2.75, 3.05) is 13.2 Å². The van der Waals surface area contributed by atoms with Crippen LogP contribution >= 0.6 is 0 Å². The molecule has 0 aliphatic carbocycles. The molecule has 0 atom stereocenters. The van der Waals surface area contributed by atoms with Gasteiger partial charge in [-0.05, 0) is 25.3 Å². The molecule has 0 bridgehead atoms. The van der Waals surface area contributed by atoms with E-state index in [1.807, 2.05) is 0 Å². The number of ether oxygens (including phenoxy) is 1. The fourth-order valence-electron chi connectivity index (χ4n) is 1.31. The van der Waals surface area contributed by atoms with Crippen LogP contribution in [0.15, 0.2) is 24.3 Å². The molecule has 0 saturated heterocycles. The van der Waals surface area contributed by atoms with Crippen molar-refractivity contribution in [2.45, 2.75) is 19.8 Å². The smallest absolute Gasteiger partial charge is 0.243 e. The van der Waals surface area contributed by atoms with Crippen molar-refractivity contribution in [2.24, 2.45) is 5.73 Å². The van der Waals surface area contributed by atoms with Gasteiger partial charge in [-0.25, -0.2) is 0 Å². The van der Waals surface area contributed by atoms with Crippen molar-refractivity contribution in [3.8, 4) is 0 Å². The molecule has 0 radical (unpaired) electrons. The molecule has 1 aromatic rings. The number of nitrogens with two attached hydrogens (primary N) is 1. The van der Waals surface area contributed by atoms with Crippen LogP contribution in [0.5, 0.6) is 0 Å². The van der Waals surface area contributed by atoms with Gasteiger partial charge in [0.25, 0.3) is 0 Å². The minimum Gasteiger partial charge on any atom is -0.372 e. The van der Waals surface area contributed by atoms with Gasteiger partial charge in [-0.2, -0.15) is 0 Å². The Hall–Kier alpha value is -1.35. The molecule has 0 saturated carbocycles. The highest BCUT2D eigenvalue weighted by Crippen LogP contribution is 2.05. The normalized spacial score (nSPS) is 10.2. The number of primary amides is 1. The van der Waals surface area contributed by atoms with E-state index in [2.05, 4.69) is 31.2 Å². The maximum Gasteiger partial charge on any atom is 0.243 e. The Morgan fingerprint density at radius 3 is 2.60 bits per heavy atom. The van der Waals surface area contributed by atoms with Crippen molar-refractivity contribution in [1.29, 1.82) is 0 Å². The summed E-state index contributed by atoms with van der Waals surface area (Å²) in [6.07, 6.45) is 1.88. The number of hydrogen-bond donors (Lipinski definition) is 1. The highest BCUT2D eigenvalue weighted by Gasteiger charge is 1.95. The molecule has 0 fully saturated rings. The van der Waals surface area contributed by atoms with Gasteiger partial charge < -0.3 is 10.5 Å². The number of hydrogen-bond acceptors (Lipinski definition) is 2. The van der Waals surface area contributed by atoms with Gasteiger partial charge in [0.05, 0.1) is 0 Å². The van der Waals surface area contributed by atoms with Gasteiger partial charge in [-0.3, -0.25) is 4.79 Å². The summed E-state index contributed by atoms with van der Waals surface area (Å²) in [5.74, 6) is -0.412. The van der Waals surface area contributed by atoms with Crippen LogP contribution in [0.1, 0.15) is 17.5 Å². The highest BCUT2D eigenvalue weighted by molar-refractivity contribution is 5.74. The first-order chi connectivity index (χ1) is 7.18. The maximum absolute atomic E-state index is 10.4. The lowest BCUT2D eigenvalue weighted by molar-refractivity contribution is -0.122. The summed E-state index contributed by atoms with van der Waals surface area (Å²) in [5.41, 5.74) is 7.50. The fraction of sp³-hybridized carbons (Fsp3) is 0.417. The molecule has 1 rings (SSSR count). The molecule has 3 nitrogen and oxygen atoms in total. The second-order valence-corrected chi connectivity index (χ2v) is 3.61. The predicted molar refractivity (Wildman–Crippen MR) is 59.5 cm³/mol. The van der Waals surface area contributed by atoms with Gasteiger partial charge in [0.1, 0.15) is 6.61 Å². The van der Waals surface area contributed by atoms with E-state index in [-0.39, 0.29) is 6.61 Å². The first-order valence-electron chi connectivity index (χ1n) is 5.10. The van der Waals surface area contributed by atoms with Crippen molar-refractivity contribution in [1.82, 2.24) is 0 Å². The van der Waals surface area contributed by atoms with E-state index in [4.69, 9.17) is 10.5 Å². The minimum absolute atomic E-state index is 0.0217. The number of carbonyl (C=O) groups is 1. The molecule has 82 valence electrons. The van der Waals surface area contributed by atoms with Crippen LogP contribution in [-0.2, 0) is 16.0 Å². The van der Waals surface area contributed by atoms with E-state index in [1.54, 1.807) is 0 Å². The lowest BCUT2D eigenvalue weighted by Crippen LogP contribution is -2.18. The molecule has 15 heavy (non-hydrogen) atoms. The molecule has 0 aliphatic rings. The van der Waals surface area contributed by atoms with Crippen LogP contribution < -0.4 is 5.73 Å². The summed E-state index contributed by atoms with van der Waals surface area (Å²) < 4.78 is 5.07. The van der Waals surface area contributed by atoms with Crippen LogP contribution in [-0.4, -0.2) is 19.1 Å². The van der Waals surface area contributed by atoms with Crippen LogP contribution in [0.4, 0.5) is 0 Å². The number of benzene rings is 1. The van der Waals surface area contributed by atoms with Crippen LogP contribution in [0.25, 0.3) is 0 Å². The fourth-order valence-corrected chi connectivity index (χ4v) is 1.31. The quantitative estimate of drug-likeness (QED) is 0.717. The summed E-state index contributed by atoms with van der Waals surface area (Å²) in [6, 6.07) is 8.42. The summed E-state index contributed by atoms with van der Waals surface area (Å²) >= 11 is 0. The Balaban J connectivity index is 2.15. The zero-order chi connectivity index (χ0) is 11.1. The number of amides is 1. The zero-order valence-electron chi connectivity index (χ0n) is 9.03. The van der Waals surface area contributed by atoms with E-state index in [0.29, 0.717) is 6.61 Å². The van der Waals surface area contributed by atoms with Gasteiger partial charge in [0.2, 0.25) is 5.91 Å². The third kappa shape index (κ3) is 5.18. The molecule has 1 aromatic carbocycles. The van der Waals surface area contributed by atoms with Gasteiger partial charge in [-0.1, -0.05) is 29.8 Å². The average molecular weight is 207 g/mol. The van der Waals surface area contributed by atoms with Crippen molar-refractivity contribution >= 4 is 5.91 Å². The average Bonchev–Trinajstić information content (AvgIpc) is 2.20. The minimum atomic E-state index is -0.412. The van der Waals surface area contributed by atoms with Crippen LogP contribution in [0, 0.1) is 6.92 Å². The molecule has 0 aliphatic heterocycles. The standard InChI is InChI=1S/C12H17NO2/c1-10-4-6-11(7-5-10)3-2-8-15-9-12(13)14/h4-7H,2-3,8-9H2,1H3,(H2,13,14). The lowest BCUT2D eigenvalue weighted by atomic mass is 10.1. The van der Waals surface area contributed by atoms with Crippen molar-refractivity contribution < 1.29 is 9.53 Å². The Morgan fingerprint density at radius 2 is 2.00 bits per heavy atom. The molecular formula is C12H17NO2. The Kier molecular flexibility index (Phi) is 4.84. The van der Waals surface area contributed by atoms with Crippen LogP contribution in [0.3, 0.4) is 0 Å². The molecular weight excluding hydrogens is 190 g/mol. The largest absolute Gasteiger partial charge is 0.372 e.